The summed E-state index contributed by atoms with van der Waals surface area (Å²) in [7, 11) is 0. The molecule has 7 heteroatoms. The van der Waals surface area contributed by atoms with Gasteiger partial charge in [0.25, 0.3) is 5.91 Å². The Labute approximate surface area is 163 Å². The van der Waals surface area contributed by atoms with Gasteiger partial charge in [0.1, 0.15) is 0 Å². The highest BCUT2D eigenvalue weighted by atomic mass is 79.9. The lowest BCUT2D eigenvalue weighted by Gasteiger charge is -2.38. The minimum absolute atomic E-state index is 0. The van der Waals surface area contributed by atoms with Crippen molar-refractivity contribution in [3.8, 4) is 0 Å². The summed E-state index contributed by atoms with van der Waals surface area (Å²) in [6.45, 7) is 5.55. The van der Waals surface area contributed by atoms with Crippen LogP contribution in [0.1, 0.15) is 30.1 Å². The van der Waals surface area contributed by atoms with E-state index in [0.29, 0.717) is 37.8 Å². The predicted octanol–water partition coefficient (Wildman–Crippen LogP) is 2.54. The first-order chi connectivity index (χ1) is 11.5. The van der Waals surface area contributed by atoms with Crippen LogP contribution < -0.4 is 5.32 Å². The maximum Gasteiger partial charge on any atom is 0.253 e. The molecule has 2 saturated heterocycles. The number of piperazine rings is 1. The van der Waals surface area contributed by atoms with Crippen molar-refractivity contribution < 1.29 is 9.59 Å². The summed E-state index contributed by atoms with van der Waals surface area (Å²) < 4.78 is 0.964. The standard InChI is InChI=1S/C18H24BrN3O2.ClH/c1-13-12-15(6-7-20-13)18(24)22-10-8-21(9-11-22)17(23)14-2-4-16(19)5-3-14;/h2-5,13,15,20H,6-12H2,1H3;1H/t13-,15-;/m0./s1. The molecule has 2 heterocycles. The number of halogens is 2. The number of carbonyl (C=O) groups excluding carboxylic acids is 2. The van der Waals surface area contributed by atoms with E-state index >= 15 is 0 Å². The Morgan fingerprint density at radius 1 is 1.08 bits per heavy atom. The van der Waals surface area contributed by atoms with E-state index in [0.717, 1.165) is 23.9 Å². The quantitative estimate of drug-likeness (QED) is 0.784. The molecule has 2 amide bonds. The zero-order valence-electron chi connectivity index (χ0n) is 14.4. The van der Waals surface area contributed by atoms with Crippen LogP contribution in [0.25, 0.3) is 0 Å². The summed E-state index contributed by atoms with van der Waals surface area (Å²) >= 11 is 3.38. The van der Waals surface area contributed by atoms with Crippen LogP contribution in [0.4, 0.5) is 0 Å². The third-order valence-corrected chi connectivity index (χ3v) is 5.47. The molecule has 0 spiro atoms. The molecule has 2 aliphatic heterocycles. The average Bonchev–Trinajstić information content (AvgIpc) is 2.61. The van der Waals surface area contributed by atoms with Crippen LogP contribution in [0, 0.1) is 5.92 Å². The monoisotopic (exact) mass is 429 g/mol. The average molecular weight is 431 g/mol. The fraction of sp³-hybridized carbons (Fsp3) is 0.556. The van der Waals surface area contributed by atoms with Crippen molar-refractivity contribution in [2.24, 2.45) is 5.92 Å². The van der Waals surface area contributed by atoms with Crippen molar-refractivity contribution in [3.63, 3.8) is 0 Å². The fourth-order valence-electron chi connectivity index (χ4n) is 3.52. The molecule has 0 radical (unpaired) electrons. The van der Waals surface area contributed by atoms with Gasteiger partial charge in [-0.05, 0) is 50.6 Å². The summed E-state index contributed by atoms with van der Waals surface area (Å²) in [6, 6.07) is 7.84. The fourth-order valence-corrected chi connectivity index (χ4v) is 3.78. The summed E-state index contributed by atoms with van der Waals surface area (Å²) in [6.07, 6.45) is 1.83. The van der Waals surface area contributed by atoms with Crippen molar-refractivity contribution in [1.29, 1.82) is 0 Å². The lowest BCUT2D eigenvalue weighted by atomic mass is 9.92. The molecule has 138 valence electrons. The Morgan fingerprint density at radius 2 is 1.68 bits per heavy atom. The lowest BCUT2D eigenvalue weighted by Crippen LogP contribution is -2.53. The largest absolute Gasteiger partial charge is 0.339 e. The molecule has 0 saturated carbocycles. The number of piperidine rings is 1. The summed E-state index contributed by atoms with van der Waals surface area (Å²) in [5.74, 6) is 0.444. The van der Waals surface area contributed by atoms with Crippen molar-refractivity contribution >= 4 is 40.2 Å². The molecule has 1 N–H and O–H groups in total. The first-order valence-electron chi connectivity index (χ1n) is 8.61. The highest BCUT2D eigenvalue weighted by molar-refractivity contribution is 9.10. The Hall–Kier alpha value is -1.11. The van der Waals surface area contributed by atoms with Gasteiger partial charge in [0.2, 0.25) is 5.91 Å². The van der Waals surface area contributed by atoms with Crippen LogP contribution in [0.3, 0.4) is 0 Å². The Bertz CT molecular complexity index is 603. The summed E-state index contributed by atoms with van der Waals surface area (Å²) in [5, 5.41) is 3.39. The van der Waals surface area contributed by atoms with E-state index in [2.05, 4.69) is 28.2 Å². The van der Waals surface area contributed by atoms with Gasteiger partial charge in [-0.1, -0.05) is 15.9 Å². The molecule has 0 aromatic heterocycles. The van der Waals surface area contributed by atoms with E-state index in [1.807, 2.05) is 34.1 Å². The van der Waals surface area contributed by atoms with Gasteiger partial charge in [-0.25, -0.2) is 0 Å². The van der Waals surface area contributed by atoms with Gasteiger partial charge >= 0.3 is 0 Å². The molecular formula is C18H25BrClN3O2. The lowest BCUT2D eigenvalue weighted by molar-refractivity contribution is -0.138. The van der Waals surface area contributed by atoms with Gasteiger partial charge in [-0.15, -0.1) is 12.4 Å². The highest BCUT2D eigenvalue weighted by Gasteiger charge is 2.31. The second-order valence-corrected chi connectivity index (χ2v) is 7.62. The second-order valence-electron chi connectivity index (χ2n) is 6.70. The Morgan fingerprint density at radius 3 is 2.28 bits per heavy atom. The minimum atomic E-state index is 0. The van der Waals surface area contributed by atoms with Crippen LogP contribution >= 0.6 is 28.3 Å². The van der Waals surface area contributed by atoms with Gasteiger partial charge in [0.15, 0.2) is 0 Å². The highest BCUT2D eigenvalue weighted by Crippen LogP contribution is 2.20. The van der Waals surface area contributed by atoms with E-state index in [-0.39, 0.29) is 30.1 Å². The van der Waals surface area contributed by atoms with E-state index in [4.69, 9.17) is 0 Å². The molecule has 1 aromatic carbocycles. The van der Waals surface area contributed by atoms with Gasteiger partial charge in [0, 0.05) is 48.2 Å². The molecule has 5 nitrogen and oxygen atoms in total. The van der Waals surface area contributed by atoms with Gasteiger partial charge < -0.3 is 15.1 Å². The van der Waals surface area contributed by atoms with E-state index in [9.17, 15) is 9.59 Å². The van der Waals surface area contributed by atoms with Gasteiger partial charge in [-0.3, -0.25) is 9.59 Å². The van der Waals surface area contributed by atoms with E-state index in [1.54, 1.807) is 0 Å². The number of hydrogen-bond donors (Lipinski definition) is 1. The Balaban J connectivity index is 0.00000225. The summed E-state index contributed by atoms with van der Waals surface area (Å²) in [5.41, 5.74) is 0.699. The molecule has 1 aromatic rings. The molecule has 0 aliphatic carbocycles. The van der Waals surface area contributed by atoms with Gasteiger partial charge in [0.05, 0.1) is 0 Å². The molecule has 2 aliphatic rings. The van der Waals surface area contributed by atoms with Crippen molar-refractivity contribution in [3.05, 3.63) is 34.3 Å². The summed E-state index contributed by atoms with van der Waals surface area (Å²) in [4.78, 5) is 29.0. The van der Waals surface area contributed by atoms with Crippen LogP contribution in [0.5, 0.6) is 0 Å². The zero-order chi connectivity index (χ0) is 17.1. The first-order valence-corrected chi connectivity index (χ1v) is 9.41. The van der Waals surface area contributed by atoms with Crippen LogP contribution in [0.15, 0.2) is 28.7 Å². The molecule has 3 rings (SSSR count). The van der Waals surface area contributed by atoms with Crippen molar-refractivity contribution in [2.45, 2.75) is 25.8 Å². The number of nitrogens with one attached hydrogen (secondary N) is 1. The number of benzene rings is 1. The van der Waals surface area contributed by atoms with Crippen LogP contribution in [-0.4, -0.2) is 60.4 Å². The van der Waals surface area contributed by atoms with Gasteiger partial charge in [-0.2, -0.15) is 0 Å². The molecule has 0 bridgehead atoms. The molecule has 2 fully saturated rings. The molecule has 0 unspecified atom stereocenters. The van der Waals surface area contributed by atoms with Crippen molar-refractivity contribution in [1.82, 2.24) is 15.1 Å². The maximum atomic E-state index is 12.7. The minimum Gasteiger partial charge on any atom is -0.339 e. The zero-order valence-corrected chi connectivity index (χ0v) is 16.8. The van der Waals surface area contributed by atoms with E-state index < -0.39 is 0 Å². The molecular weight excluding hydrogens is 406 g/mol. The number of carbonyl (C=O) groups is 2. The maximum absolute atomic E-state index is 12.7. The topological polar surface area (TPSA) is 52.7 Å². The SMILES string of the molecule is C[C@H]1C[C@@H](C(=O)N2CCN(C(=O)c3ccc(Br)cc3)CC2)CCN1.Cl. The third kappa shape index (κ3) is 4.96. The number of hydrogen-bond acceptors (Lipinski definition) is 3. The predicted molar refractivity (Wildman–Crippen MR) is 104 cm³/mol. The number of amides is 2. The van der Waals surface area contributed by atoms with Crippen LogP contribution in [0.2, 0.25) is 0 Å². The number of nitrogens with zero attached hydrogens (tertiary/aromatic N) is 2. The third-order valence-electron chi connectivity index (χ3n) is 4.94. The second kappa shape index (κ2) is 9.01. The Kier molecular flexibility index (Phi) is 7.28. The van der Waals surface area contributed by atoms with Crippen LogP contribution in [-0.2, 0) is 4.79 Å². The molecule has 2 atom stereocenters. The smallest absolute Gasteiger partial charge is 0.253 e. The van der Waals surface area contributed by atoms with Crippen molar-refractivity contribution in [2.75, 3.05) is 32.7 Å². The first kappa shape index (κ1) is 20.2. The molecule has 25 heavy (non-hydrogen) atoms. The number of rotatable bonds is 2. The normalized spacial score (nSPS) is 23.8. The van der Waals surface area contributed by atoms with E-state index in [1.165, 1.54) is 0 Å².